The molecule has 31 heavy (non-hydrogen) atoms. The van der Waals surface area contributed by atoms with E-state index in [0.29, 0.717) is 5.69 Å². The summed E-state index contributed by atoms with van der Waals surface area (Å²) < 4.78 is 5.86. The highest BCUT2D eigenvalue weighted by Gasteiger charge is 2.27. The highest BCUT2D eigenvalue weighted by molar-refractivity contribution is 5.97. The number of nitrogens with one attached hydrogen (secondary N) is 2. The highest BCUT2D eigenvalue weighted by atomic mass is 16.5. The molecule has 0 spiro atoms. The van der Waals surface area contributed by atoms with Crippen LogP contribution in [0.15, 0.2) is 36.5 Å². The normalized spacial score (nSPS) is 18.7. The summed E-state index contributed by atoms with van der Waals surface area (Å²) in [5.74, 6) is 0.513. The van der Waals surface area contributed by atoms with Crippen LogP contribution in [-0.2, 0) is 11.3 Å². The van der Waals surface area contributed by atoms with Crippen molar-refractivity contribution in [1.82, 2.24) is 15.2 Å². The number of piperazine rings is 1. The molecule has 0 bridgehead atoms. The second kappa shape index (κ2) is 9.34. The van der Waals surface area contributed by atoms with Crippen molar-refractivity contribution >= 4 is 23.2 Å². The van der Waals surface area contributed by atoms with Gasteiger partial charge in [0.1, 0.15) is 11.4 Å². The summed E-state index contributed by atoms with van der Waals surface area (Å²) >= 11 is 0. The summed E-state index contributed by atoms with van der Waals surface area (Å²) in [6.45, 7) is 6.51. The lowest BCUT2D eigenvalue weighted by atomic mass is 10.1. The molecule has 0 saturated carbocycles. The van der Waals surface area contributed by atoms with E-state index in [2.05, 4.69) is 31.5 Å². The average molecular weight is 424 g/mol. The van der Waals surface area contributed by atoms with Crippen LogP contribution in [0.25, 0.3) is 0 Å². The number of hydrogen-bond acceptors (Lipinski definition) is 6. The first-order valence-electron chi connectivity index (χ1n) is 10.8. The molecule has 1 saturated heterocycles. The van der Waals surface area contributed by atoms with Crippen LogP contribution in [0.5, 0.6) is 5.75 Å². The largest absolute Gasteiger partial charge is 0.478 e. The second-order valence-electron chi connectivity index (χ2n) is 7.96. The Morgan fingerprint density at radius 2 is 2.03 bits per heavy atom. The zero-order valence-electron chi connectivity index (χ0n) is 18.1. The molecule has 0 aliphatic carbocycles. The Hall–Kier alpha value is -3.13. The summed E-state index contributed by atoms with van der Waals surface area (Å²) in [6.07, 6.45) is 3.00. The molecule has 2 aliphatic heterocycles. The number of carbonyl (C=O) groups is 2. The first-order chi connectivity index (χ1) is 15.1. The Morgan fingerprint density at radius 1 is 1.23 bits per heavy atom. The van der Waals surface area contributed by atoms with Crippen LogP contribution in [0.4, 0.5) is 11.4 Å². The Labute approximate surface area is 182 Å². The number of fused-ring (bicyclic) bond motifs is 1. The van der Waals surface area contributed by atoms with Gasteiger partial charge in [-0.25, -0.2) is 4.98 Å². The van der Waals surface area contributed by atoms with Gasteiger partial charge in [-0.15, -0.1) is 0 Å². The minimum Gasteiger partial charge on any atom is -0.478 e. The zero-order chi connectivity index (χ0) is 21.8. The SMILES string of the molecule is CCCC1Oc2ccc(CN3CCN(c4ccc(C(=O)NC)nc4)CC3)cc2NC1=O. The van der Waals surface area contributed by atoms with Crippen LogP contribution in [0, 0.1) is 0 Å². The van der Waals surface area contributed by atoms with E-state index in [1.807, 2.05) is 25.1 Å². The molecule has 1 aromatic heterocycles. The van der Waals surface area contributed by atoms with Crippen LogP contribution >= 0.6 is 0 Å². The molecule has 4 rings (SSSR count). The summed E-state index contributed by atoms with van der Waals surface area (Å²) in [5, 5.41) is 5.58. The molecule has 0 radical (unpaired) electrons. The predicted molar refractivity (Wildman–Crippen MR) is 120 cm³/mol. The second-order valence-corrected chi connectivity index (χ2v) is 7.96. The molecule has 3 heterocycles. The minimum absolute atomic E-state index is 0.0591. The van der Waals surface area contributed by atoms with Crippen LogP contribution < -0.4 is 20.3 Å². The first-order valence-corrected chi connectivity index (χ1v) is 10.8. The molecule has 1 atom stereocenters. The van der Waals surface area contributed by atoms with E-state index in [0.717, 1.165) is 68.3 Å². The van der Waals surface area contributed by atoms with Crippen molar-refractivity contribution in [3.05, 3.63) is 47.8 Å². The molecule has 2 aromatic rings. The van der Waals surface area contributed by atoms with Crippen molar-refractivity contribution in [2.24, 2.45) is 0 Å². The van der Waals surface area contributed by atoms with E-state index in [9.17, 15) is 9.59 Å². The van der Waals surface area contributed by atoms with Crippen molar-refractivity contribution in [2.75, 3.05) is 43.4 Å². The molecule has 1 fully saturated rings. The van der Waals surface area contributed by atoms with Crippen molar-refractivity contribution in [3.8, 4) is 5.75 Å². The average Bonchev–Trinajstić information content (AvgIpc) is 2.80. The van der Waals surface area contributed by atoms with Crippen molar-refractivity contribution in [3.63, 3.8) is 0 Å². The smallest absolute Gasteiger partial charge is 0.269 e. The maximum Gasteiger partial charge on any atom is 0.269 e. The number of amides is 2. The lowest BCUT2D eigenvalue weighted by Gasteiger charge is -2.36. The number of nitrogens with zero attached hydrogens (tertiary/aromatic N) is 3. The lowest BCUT2D eigenvalue weighted by molar-refractivity contribution is -0.123. The predicted octanol–water partition coefficient (Wildman–Crippen LogP) is 2.26. The molecule has 2 aliphatic rings. The number of benzene rings is 1. The summed E-state index contributed by atoms with van der Waals surface area (Å²) in [7, 11) is 1.60. The Morgan fingerprint density at radius 3 is 2.71 bits per heavy atom. The van der Waals surface area contributed by atoms with Crippen LogP contribution in [0.2, 0.25) is 0 Å². The molecule has 164 valence electrons. The molecule has 1 unspecified atom stereocenters. The minimum atomic E-state index is -0.392. The van der Waals surface area contributed by atoms with Crippen molar-refractivity contribution in [1.29, 1.82) is 0 Å². The van der Waals surface area contributed by atoms with Gasteiger partial charge in [0.2, 0.25) is 0 Å². The monoisotopic (exact) mass is 423 g/mol. The van der Waals surface area contributed by atoms with Gasteiger partial charge in [0.05, 0.1) is 17.6 Å². The number of aromatic nitrogens is 1. The van der Waals surface area contributed by atoms with Gasteiger partial charge >= 0.3 is 0 Å². The van der Waals surface area contributed by atoms with Gasteiger partial charge in [0.15, 0.2) is 6.10 Å². The standard InChI is InChI=1S/C23H29N5O3/c1-3-4-21-23(30)26-19-13-16(5-8-20(19)31-21)15-27-9-11-28(12-10-27)17-6-7-18(25-14-17)22(29)24-2/h5-8,13-14,21H,3-4,9-12,15H2,1-2H3,(H,24,29)(H,26,30). The maximum atomic E-state index is 12.2. The number of pyridine rings is 1. The Bertz CT molecular complexity index is 939. The molecule has 8 nitrogen and oxygen atoms in total. The van der Waals surface area contributed by atoms with E-state index in [4.69, 9.17) is 4.74 Å². The van der Waals surface area contributed by atoms with Crippen molar-refractivity contribution in [2.45, 2.75) is 32.4 Å². The lowest BCUT2D eigenvalue weighted by Crippen LogP contribution is -2.46. The fraction of sp³-hybridized carbons (Fsp3) is 0.435. The van der Waals surface area contributed by atoms with Crippen LogP contribution in [0.3, 0.4) is 0 Å². The molecular formula is C23H29N5O3. The van der Waals surface area contributed by atoms with E-state index in [-0.39, 0.29) is 11.8 Å². The van der Waals surface area contributed by atoms with Crippen LogP contribution in [-0.4, -0.2) is 61.0 Å². The van der Waals surface area contributed by atoms with Gasteiger partial charge in [0.25, 0.3) is 11.8 Å². The van der Waals surface area contributed by atoms with Gasteiger partial charge in [-0.1, -0.05) is 19.4 Å². The molecule has 2 amide bonds. The number of ether oxygens (including phenoxy) is 1. The van der Waals surface area contributed by atoms with Crippen molar-refractivity contribution < 1.29 is 14.3 Å². The molecule has 8 heteroatoms. The van der Waals surface area contributed by atoms with E-state index in [1.54, 1.807) is 19.3 Å². The number of hydrogen-bond donors (Lipinski definition) is 2. The number of rotatable bonds is 6. The van der Waals surface area contributed by atoms with Gasteiger partial charge in [-0.2, -0.15) is 0 Å². The summed E-state index contributed by atoms with van der Waals surface area (Å²) in [6, 6.07) is 9.76. The highest BCUT2D eigenvalue weighted by Crippen LogP contribution is 2.32. The van der Waals surface area contributed by atoms with Gasteiger partial charge in [0, 0.05) is 39.8 Å². The van der Waals surface area contributed by atoms with E-state index in [1.165, 1.54) is 0 Å². The first kappa shape index (κ1) is 21.1. The summed E-state index contributed by atoms with van der Waals surface area (Å²) in [4.78, 5) is 32.8. The van der Waals surface area contributed by atoms with E-state index >= 15 is 0 Å². The third kappa shape index (κ3) is 4.80. The van der Waals surface area contributed by atoms with Gasteiger partial charge in [-0.05, 0) is 36.2 Å². The van der Waals surface area contributed by atoms with E-state index < -0.39 is 6.10 Å². The topological polar surface area (TPSA) is 86.8 Å². The maximum absolute atomic E-state index is 12.2. The van der Waals surface area contributed by atoms with Gasteiger partial charge < -0.3 is 20.3 Å². The van der Waals surface area contributed by atoms with Crippen LogP contribution in [0.1, 0.15) is 35.8 Å². The molecule has 1 aromatic carbocycles. The quantitative estimate of drug-likeness (QED) is 0.741. The number of anilines is 2. The Kier molecular flexibility index (Phi) is 6.36. The fourth-order valence-electron chi connectivity index (χ4n) is 4.01. The zero-order valence-corrected chi connectivity index (χ0v) is 18.1. The third-order valence-corrected chi connectivity index (χ3v) is 5.77. The summed E-state index contributed by atoms with van der Waals surface area (Å²) in [5.41, 5.74) is 3.37. The van der Waals surface area contributed by atoms with Gasteiger partial charge in [-0.3, -0.25) is 14.5 Å². The number of carbonyl (C=O) groups excluding carboxylic acids is 2. The molecular weight excluding hydrogens is 394 g/mol. The third-order valence-electron chi connectivity index (χ3n) is 5.77. The Balaban J connectivity index is 1.33. The molecule has 2 N–H and O–H groups in total. The fourth-order valence-corrected chi connectivity index (χ4v) is 4.01.